The molecule has 0 radical (unpaired) electrons. The van der Waals surface area contributed by atoms with E-state index < -0.39 is 0 Å². The first-order valence-corrected chi connectivity index (χ1v) is 6.80. The van der Waals surface area contributed by atoms with Crippen molar-refractivity contribution in [2.45, 2.75) is 57.1 Å². The summed E-state index contributed by atoms with van der Waals surface area (Å²) in [6.45, 7) is 5.20. The zero-order valence-electron chi connectivity index (χ0n) is 10.5. The quantitative estimate of drug-likeness (QED) is 0.766. The molecule has 3 nitrogen and oxygen atoms in total. The van der Waals surface area contributed by atoms with Gasteiger partial charge in [-0.25, -0.2) is 0 Å². The van der Waals surface area contributed by atoms with Gasteiger partial charge in [0.05, 0.1) is 5.60 Å². The SMILES string of the molecule is CC1(CNCC2CCCCC2N)CCCO1. The normalized spacial score (nSPS) is 40.1. The molecular formula is C13H26N2O. The van der Waals surface area contributed by atoms with Crippen LogP contribution in [0, 0.1) is 5.92 Å². The smallest absolute Gasteiger partial charge is 0.0779 e. The van der Waals surface area contributed by atoms with Gasteiger partial charge in [0, 0.05) is 19.2 Å². The topological polar surface area (TPSA) is 47.3 Å². The second-order valence-corrected chi connectivity index (χ2v) is 5.74. The van der Waals surface area contributed by atoms with Crippen molar-refractivity contribution >= 4 is 0 Å². The molecule has 3 heteroatoms. The first kappa shape index (κ1) is 12.3. The van der Waals surface area contributed by atoms with E-state index in [0.29, 0.717) is 12.0 Å². The van der Waals surface area contributed by atoms with Crippen LogP contribution in [0.1, 0.15) is 45.4 Å². The number of nitrogens with two attached hydrogens (primary N) is 1. The zero-order chi connectivity index (χ0) is 11.4. The third-order valence-corrected chi connectivity index (χ3v) is 4.17. The highest BCUT2D eigenvalue weighted by Crippen LogP contribution is 2.25. The van der Waals surface area contributed by atoms with Crippen LogP contribution in [-0.4, -0.2) is 31.3 Å². The van der Waals surface area contributed by atoms with E-state index in [4.69, 9.17) is 10.5 Å². The van der Waals surface area contributed by atoms with Gasteiger partial charge in [-0.1, -0.05) is 12.8 Å². The summed E-state index contributed by atoms with van der Waals surface area (Å²) in [4.78, 5) is 0. The van der Waals surface area contributed by atoms with Gasteiger partial charge < -0.3 is 15.8 Å². The number of nitrogens with one attached hydrogen (secondary N) is 1. The first-order chi connectivity index (χ1) is 7.70. The molecule has 2 rings (SSSR count). The van der Waals surface area contributed by atoms with Gasteiger partial charge in [0.25, 0.3) is 0 Å². The van der Waals surface area contributed by atoms with Crippen LogP contribution in [0.2, 0.25) is 0 Å². The van der Waals surface area contributed by atoms with Gasteiger partial charge in [-0.3, -0.25) is 0 Å². The van der Waals surface area contributed by atoms with Crippen molar-refractivity contribution in [1.29, 1.82) is 0 Å². The summed E-state index contributed by atoms with van der Waals surface area (Å²) >= 11 is 0. The summed E-state index contributed by atoms with van der Waals surface area (Å²) in [7, 11) is 0. The Kier molecular flexibility index (Phi) is 4.22. The predicted molar refractivity (Wildman–Crippen MR) is 66.4 cm³/mol. The molecule has 0 amide bonds. The van der Waals surface area contributed by atoms with Gasteiger partial charge in [-0.15, -0.1) is 0 Å². The Labute approximate surface area is 99.1 Å². The third-order valence-electron chi connectivity index (χ3n) is 4.17. The molecule has 16 heavy (non-hydrogen) atoms. The monoisotopic (exact) mass is 226 g/mol. The molecule has 2 fully saturated rings. The summed E-state index contributed by atoms with van der Waals surface area (Å²) in [6, 6.07) is 0.415. The minimum Gasteiger partial charge on any atom is -0.374 e. The molecule has 3 N–H and O–H groups in total. The molecule has 1 saturated heterocycles. The molecule has 94 valence electrons. The summed E-state index contributed by atoms with van der Waals surface area (Å²) < 4.78 is 5.76. The summed E-state index contributed by atoms with van der Waals surface area (Å²) in [5.74, 6) is 0.679. The van der Waals surface area contributed by atoms with Crippen LogP contribution in [0.25, 0.3) is 0 Å². The maximum absolute atomic E-state index is 6.13. The minimum atomic E-state index is 0.0821. The Hall–Kier alpha value is -0.120. The highest BCUT2D eigenvalue weighted by atomic mass is 16.5. The lowest BCUT2D eigenvalue weighted by Gasteiger charge is -2.30. The maximum atomic E-state index is 6.13. The van der Waals surface area contributed by atoms with E-state index in [2.05, 4.69) is 12.2 Å². The number of ether oxygens (including phenoxy) is 1. The van der Waals surface area contributed by atoms with E-state index in [0.717, 1.165) is 19.7 Å². The molecule has 0 bridgehead atoms. The van der Waals surface area contributed by atoms with E-state index in [1.165, 1.54) is 38.5 Å². The van der Waals surface area contributed by atoms with Gasteiger partial charge in [0.15, 0.2) is 0 Å². The molecule has 3 unspecified atom stereocenters. The fraction of sp³-hybridized carbons (Fsp3) is 1.00. The molecule has 0 spiro atoms. The van der Waals surface area contributed by atoms with Crippen molar-refractivity contribution in [3.63, 3.8) is 0 Å². The van der Waals surface area contributed by atoms with Crippen LogP contribution in [0.15, 0.2) is 0 Å². The highest BCUT2D eigenvalue weighted by Gasteiger charge is 2.30. The van der Waals surface area contributed by atoms with Crippen LogP contribution in [-0.2, 0) is 4.74 Å². The van der Waals surface area contributed by atoms with Crippen LogP contribution < -0.4 is 11.1 Å². The Morgan fingerprint density at radius 2 is 2.12 bits per heavy atom. The van der Waals surface area contributed by atoms with Gasteiger partial charge in [0.2, 0.25) is 0 Å². The van der Waals surface area contributed by atoms with Gasteiger partial charge in [-0.05, 0) is 45.1 Å². The van der Waals surface area contributed by atoms with E-state index in [1.807, 2.05) is 0 Å². The third kappa shape index (κ3) is 3.19. The maximum Gasteiger partial charge on any atom is 0.0779 e. The van der Waals surface area contributed by atoms with Crippen molar-refractivity contribution < 1.29 is 4.74 Å². The Morgan fingerprint density at radius 3 is 2.81 bits per heavy atom. The van der Waals surface area contributed by atoms with Crippen molar-refractivity contribution in [2.24, 2.45) is 11.7 Å². The van der Waals surface area contributed by atoms with Crippen LogP contribution >= 0.6 is 0 Å². The van der Waals surface area contributed by atoms with E-state index in [1.54, 1.807) is 0 Å². The van der Waals surface area contributed by atoms with Crippen molar-refractivity contribution in [2.75, 3.05) is 19.7 Å². The Bertz CT molecular complexity index is 214. The predicted octanol–water partition coefficient (Wildman–Crippen LogP) is 1.66. The van der Waals surface area contributed by atoms with Crippen LogP contribution in [0.3, 0.4) is 0 Å². The Balaban J connectivity index is 1.66. The minimum absolute atomic E-state index is 0.0821. The summed E-state index contributed by atoms with van der Waals surface area (Å²) in [6.07, 6.45) is 7.58. The molecular weight excluding hydrogens is 200 g/mol. The first-order valence-electron chi connectivity index (χ1n) is 6.80. The fourth-order valence-electron chi connectivity index (χ4n) is 2.99. The number of hydrogen-bond donors (Lipinski definition) is 2. The Morgan fingerprint density at radius 1 is 1.31 bits per heavy atom. The van der Waals surface area contributed by atoms with Crippen molar-refractivity contribution in [3.05, 3.63) is 0 Å². The number of rotatable bonds is 4. The van der Waals surface area contributed by atoms with E-state index in [9.17, 15) is 0 Å². The molecule has 0 aromatic heterocycles. The lowest BCUT2D eigenvalue weighted by atomic mass is 9.85. The lowest BCUT2D eigenvalue weighted by Crippen LogP contribution is -2.44. The van der Waals surface area contributed by atoms with Gasteiger partial charge in [0.1, 0.15) is 0 Å². The lowest BCUT2D eigenvalue weighted by molar-refractivity contribution is 0.0198. The molecule has 2 aliphatic rings. The fourth-order valence-corrected chi connectivity index (χ4v) is 2.99. The zero-order valence-corrected chi connectivity index (χ0v) is 10.5. The summed E-state index contributed by atoms with van der Waals surface area (Å²) in [5, 5.41) is 3.56. The molecule has 0 aromatic rings. The number of hydrogen-bond acceptors (Lipinski definition) is 3. The average molecular weight is 226 g/mol. The van der Waals surface area contributed by atoms with Crippen LogP contribution in [0.5, 0.6) is 0 Å². The largest absolute Gasteiger partial charge is 0.374 e. The molecule has 0 aromatic carbocycles. The standard InChI is InChI=1S/C13H26N2O/c1-13(7-4-8-16-13)10-15-9-11-5-2-3-6-12(11)14/h11-12,15H,2-10,14H2,1H3. The molecule has 3 atom stereocenters. The van der Waals surface area contributed by atoms with Crippen LogP contribution in [0.4, 0.5) is 0 Å². The van der Waals surface area contributed by atoms with Gasteiger partial charge >= 0.3 is 0 Å². The summed E-state index contributed by atoms with van der Waals surface area (Å²) in [5.41, 5.74) is 6.22. The van der Waals surface area contributed by atoms with E-state index >= 15 is 0 Å². The molecule has 1 aliphatic heterocycles. The average Bonchev–Trinajstić information content (AvgIpc) is 2.68. The highest BCUT2D eigenvalue weighted by molar-refractivity contribution is 4.85. The molecule has 1 aliphatic carbocycles. The van der Waals surface area contributed by atoms with Crippen molar-refractivity contribution in [3.8, 4) is 0 Å². The molecule has 1 saturated carbocycles. The second kappa shape index (κ2) is 5.48. The molecule has 1 heterocycles. The van der Waals surface area contributed by atoms with E-state index in [-0.39, 0.29) is 5.60 Å². The second-order valence-electron chi connectivity index (χ2n) is 5.74. The van der Waals surface area contributed by atoms with Crippen molar-refractivity contribution in [1.82, 2.24) is 5.32 Å². The van der Waals surface area contributed by atoms with Gasteiger partial charge in [-0.2, -0.15) is 0 Å².